The van der Waals surface area contributed by atoms with Crippen molar-refractivity contribution in [2.75, 3.05) is 5.32 Å². The number of aromatic nitrogens is 3. The molecule has 3 aromatic rings. The summed E-state index contributed by atoms with van der Waals surface area (Å²) in [5.74, 6) is 0.739. The largest absolute Gasteiger partial charge is 0.332 e. The second-order valence-electron chi connectivity index (χ2n) is 6.66. The van der Waals surface area contributed by atoms with Gasteiger partial charge in [0.05, 0.1) is 5.69 Å². The summed E-state index contributed by atoms with van der Waals surface area (Å²) in [6.07, 6.45) is 2.17. The third-order valence-electron chi connectivity index (χ3n) is 4.53. The van der Waals surface area contributed by atoms with Crippen molar-refractivity contribution in [3.63, 3.8) is 0 Å². The van der Waals surface area contributed by atoms with Crippen LogP contribution in [0.5, 0.6) is 0 Å². The van der Waals surface area contributed by atoms with Crippen molar-refractivity contribution in [3.05, 3.63) is 53.2 Å². The maximum atomic E-state index is 13.7. The van der Waals surface area contributed by atoms with Crippen molar-refractivity contribution in [1.82, 2.24) is 14.7 Å². The number of carbonyl (C=O) groups is 1. The summed E-state index contributed by atoms with van der Waals surface area (Å²) >= 11 is 0. The van der Waals surface area contributed by atoms with Gasteiger partial charge in [0.2, 0.25) is 5.91 Å². The highest BCUT2D eigenvalue weighted by molar-refractivity contribution is 5.91. The molecule has 0 spiro atoms. The number of para-hydroxylation sites is 1. The molecule has 26 heavy (non-hydrogen) atoms. The number of amides is 1. The second-order valence-corrected chi connectivity index (χ2v) is 6.66. The molecule has 0 atom stereocenters. The third kappa shape index (κ3) is 3.12. The van der Waals surface area contributed by atoms with Crippen molar-refractivity contribution in [2.24, 2.45) is 0 Å². The highest BCUT2D eigenvalue weighted by Gasteiger charge is 2.30. The average Bonchev–Trinajstić information content (AvgIpc) is 3.28. The number of carbonyl (C=O) groups excluding carboxylic acids is 1. The van der Waals surface area contributed by atoms with E-state index < -0.39 is 5.82 Å². The van der Waals surface area contributed by atoms with Crippen molar-refractivity contribution in [1.29, 1.82) is 0 Å². The molecule has 1 aromatic carbocycles. The molecule has 1 aliphatic carbocycles. The molecule has 134 valence electrons. The summed E-state index contributed by atoms with van der Waals surface area (Å²) in [7, 11) is 0. The molecule has 2 aromatic heterocycles. The van der Waals surface area contributed by atoms with E-state index in [9.17, 15) is 9.18 Å². The molecule has 1 amide bonds. The van der Waals surface area contributed by atoms with E-state index in [1.165, 1.54) is 12.1 Å². The molecule has 1 aliphatic rings. The van der Waals surface area contributed by atoms with E-state index in [4.69, 9.17) is 4.52 Å². The monoisotopic (exact) mass is 354 g/mol. The van der Waals surface area contributed by atoms with Crippen LogP contribution in [0.15, 0.2) is 34.9 Å². The Kier molecular flexibility index (Phi) is 4.06. The molecule has 0 aliphatic heterocycles. The summed E-state index contributed by atoms with van der Waals surface area (Å²) in [5.41, 5.74) is 2.74. The van der Waals surface area contributed by atoms with E-state index in [0.29, 0.717) is 11.8 Å². The predicted molar refractivity (Wildman–Crippen MR) is 94.2 cm³/mol. The molecule has 0 radical (unpaired) electrons. The normalized spacial score (nSPS) is 13.8. The molecule has 1 N–H and O–H groups in total. The first-order chi connectivity index (χ1) is 12.5. The van der Waals surface area contributed by atoms with Gasteiger partial charge in [0.15, 0.2) is 5.82 Å². The Bertz CT molecular complexity index is 972. The van der Waals surface area contributed by atoms with Gasteiger partial charge in [-0.05, 0) is 50.5 Å². The quantitative estimate of drug-likeness (QED) is 0.756. The first kappa shape index (κ1) is 16.5. The lowest BCUT2D eigenvalue weighted by molar-refractivity contribution is -0.116. The standard InChI is InChI=1S/C19H19FN4O2/c1-11-9-12(2)24(10-16(25)21-15-6-4-3-5-14(15)20)17(11)19-22-18(23-26-19)13-7-8-13/h3-6,9,13H,7-8,10H2,1-2H3,(H,21,25). The van der Waals surface area contributed by atoms with Gasteiger partial charge in [0.1, 0.15) is 18.1 Å². The number of aryl methyl sites for hydroxylation is 2. The van der Waals surface area contributed by atoms with E-state index in [2.05, 4.69) is 15.5 Å². The third-order valence-corrected chi connectivity index (χ3v) is 4.53. The predicted octanol–water partition coefficient (Wildman–Crippen LogP) is 3.81. The lowest BCUT2D eigenvalue weighted by atomic mass is 10.2. The first-order valence-electron chi connectivity index (χ1n) is 8.58. The number of nitrogens with zero attached hydrogens (tertiary/aromatic N) is 3. The van der Waals surface area contributed by atoms with Crippen LogP contribution in [-0.4, -0.2) is 20.6 Å². The highest BCUT2D eigenvalue weighted by Crippen LogP contribution is 2.39. The van der Waals surface area contributed by atoms with E-state index in [-0.39, 0.29) is 18.1 Å². The molecule has 6 nitrogen and oxygen atoms in total. The summed E-state index contributed by atoms with van der Waals surface area (Å²) in [6, 6.07) is 8.06. The lowest BCUT2D eigenvalue weighted by Crippen LogP contribution is -2.20. The van der Waals surface area contributed by atoms with Crippen LogP contribution in [-0.2, 0) is 11.3 Å². The number of halogens is 1. The Balaban J connectivity index is 1.60. The van der Waals surface area contributed by atoms with Crippen molar-refractivity contribution in [3.8, 4) is 11.6 Å². The van der Waals surface area contributed by atoms with Crippen molar-refractivity contribution >= 4 is 11.6 Å². The van der Waals surface area contributed by atoms with Gasteiger partial charge < -0.3 is 14.4 Å². The van der Waals surface area contributed by atoms with Gasteiger partial charge in [0, 0.05) is 11.6 Å². The molecule has 4 rings (SSSR count). The van der Waals surface area contributed by atoms with Crippen molar-refractivity contribution in [2.45, 2.75) is 39.2 Å². The van der Waals surface area contributed by atoms with Crippen LogP contribution in [0, 0.1) is 19.7 Å². The van der Waals surface area contributed by atoms with Gasteiger partial charge in [0.25, 0.3) is 5.89 Å². The second kappa shape index (κ2) is 6.40. The fourth-order valence-electron chi connectivity index (χ4n) is 3.07. The van der Waals surface area contributed by atoms with Gasteiger partial charge in [-0.15, -0.1) is 0 Å². The van der Waals surface area contributed by atoms with Gasteiger partial charge in [-0.25, -0.2) is 4.39 Å². The molecule has 7 heteroatoms. The Morgan fingerprint density at radius 3 is 2.85 bits per heavy atom. The molecular weight excluding hydrogens is 335 g/mol. The number of hydrogen-bond acceptors (Lipinski definition) is 4. The Morgan fingerprint density at radius 1 is 1.35 bits per heavy atom. The van der Waals surface area contributed by atoms with E-state index in [1.54, 1.807) is 12.1 Å². The van der Waals surface area contributed by atoms with Crippen LogP contribution in [0.4, 0.5) is 10.1 Å². The van der Waals surface area contributed by atoms with E-state index in [1.807, 2.05) is 24.5 Å². The minimum atomic E-state index is -0.465. The van der Waals surface area contributed by atoms with Gasteiger partial charge in [-0.1, -0.05) is 17.3 Å². The molecule has 0 saturated heterocycles. The minimum Gasteiger partial charge on any atom is -0.332 e. The van der Waals surface area contributed by atoms with Crippen LogP contribution in [0.1, 0.15) is 35.8 Å². The molecule has 2 heterocycles. The molecule has 1 fully saturated rings. The van der Waals surface area contributed by atoms with Gasteiger partial charge >= 0.3 is 0 Å². The van der Waals surface area contributed by atoms with Crippen LogP contribution in [0.2, 0.25) is 0 Å². The van der Waals surface area contributed by atoms with Gasteiger partial charge in [-0.2, -0.15) is 4.98 Å². The summed E-state index contributed by atoms with van der Waals surface area (Å²) in [6.45, 7) is 3.88. The van der Waals surface area contributed by atoms with Crippen LogP contribution >= 0.6 is 0 Å². The lowest BCUT2D eigenvalue weighted by Gasteiger charge is -2.11. The smallest absolute Gasteiger partial charge is 0.274 e. The Hall–Kier alpha value is -2.96. The van der Waals surface area contributed by atoms with E-state index in [0.717, 1.165) is 35.6 Å². The zero-order chi connectivity index (χ0) is 18.3. The summed E-state index contributed by atoms with van der Waals surface area (Å²) in [5, 5.41) is 6.66. The van der Waals surface area contributed by atoms with Crippen LogP contribution < -0.4 is 5.32 Å². The SMILES string of the molecule is Cc1cc(C)n(CC(=O)Nc2ccccc2F)c1-c1nc(C2CC2)no1. The Morgan fingerprint density at radius 2 is 2.12 bits per heavy atom. The summed E-state index contributed by atoms with van der Waals surface area (Å²) < 4.78 is 21.0. The number of anilines is 1. The van der Waals surface area contributed by atoms with E-state index >= 15 is 0 Å². The fourth-order valence-corrected chi connectivity index (χ4v) is 3.07. The molecule has 0 bridgehead atoms. The topological polar surface area (TPSA) is 73.0 Å². The number of rotatable bonds is 5. The maximum absolute atomic E-state index is 13.7. The van der Waals surface area contributed by atoms with Crippen molar-refractivity contribution < 1.29 is 13.7 Å². The van der Waals surface area contributed by atoms with Crippen LogP contribution in [0.25, 0.3) is 11.6 Å². The average molecular weight is 354 g/mol. The maximum Gasteiger partial charge on any atom is 0.274 e. The zero-order valence-electron chi connectivity index (χ0n) is 14.6. The number of nitrogens with one attached hydrogen (secondary N) is 1. The molecule has 0 unspecified atom stereocenters. The molecule has 1 saturated carbocycles. The van der Waals surface area contributed by atoms with Crippen LogP contribution in [0.3, 0.4) is 0 Å². The Labute approximate surface area is 150 Å². The highest BCUT2D eigenvalue weighted by atomic mass is 19.1. The first-order valence-corrected chi connectivity index (χ1v) is 8.58. The number of benzene rings is 1. The summed E-state index contributed by atoms with van der Waals surface area (Å²) in [4.78, 5) is 16.9. The fraction of sp³-hybridized carbons (Fsp3) is 0.316. The molecular formula is C19H19FN4O2. The zero-order valence-corrected chi connectivity index (χ0v) is 14.6. The minimum absolute atomic E-state index is 0.0322. The van der Waals surface area contributed by atoms with Gasteiger partial charge in [-0.3, -0.25) is 4.79 Å². The number of hydrogen-bond donors (Lipinski definition) is 1.